The van der Waals surface area contributed by atoms with E-state index in [0.29, 0.717) is 11.8 Å². The van der Waals surface area contributed by atoms with E-state index in [1.165, 1.54) is 5.69 Å². The average molecular weight is 409 g/mol. The molecule has 30 heavy (non-hydrogen) atoms. The molecule has 1 aromatic heterocycles. The van der Waals surface area contributed by atoms with Gasteiger partial charge in [-0.05, 0) is 56.6 Å². The first-order valence-electron chi connectivity index (χ1n) is 11.0. The Labute approximate surface area is 179 Å². The molecule has 0 aliphatic carbocycles. The highest BCUT2D eigenvalue weighted by Crippen LogP contribution is 2.40. The summed E-state index contributed by atoms with van der Waals surface area (Å²) in [4.78, 5) is 28.6. The van der Waals surface area contributed by atoms with Crippen molar-refractivity contribution in [1.29, 1.82) is 0 Å². The first-order valence-corrected chi connectivity index (χ1v) is 11.0. The molecule has 160 valence electrons. The second-order valence-electron chi connectivity index (χ2n) is 8.39. The van der Waals surface area contributed by atoms with Gasteiger partial charge in [0.2, 0.25) is 11.9 Å². The van der Waals surface area contributed by atoms with Gasteiger partial charge in [-0.15, -0.1) is 0 Å². The smallest absolute Gasteiger partial charge is 0.234 e. The van der Waals surface area contributed by atoms with Gasteiger partial charge in [0.05, 0.1) is 5.41 Å². The molecule has 0 spiro atoms. The SMILES string of the molecule is CCC1(CC)CCN(c2ccnc(Nc3ccc(N4CCN(C)CC4)cc3)n2)C1=O. The van der Waals surface area contributed by atoms with Crippen LogP contribution in [0.15, 0.2) is 36.5 Å². The van der Waals surface area contributed by atoms with Gasteiger partial charge in [-0.2, -0.15) is 4.98 Å². The number of piperazine rings is 1. The molecule has 2 aromatic rings. The van der Waals surface area contributed by atoms with Crippen LogP contribution in [0, 0.1) is 5.41 Å². The molecule has 0 radical (unpaired) electrons. The lowest BCUT2D eigenvalue weighted by Crippen LogP contribution is -2.44. The maximum atomic E-state index is 13.0. The highest BCUT2D eigenvalue weighted by Gasteiger charge is 2.44. The molecule has 0 bridgehead atoms. The molecule has 7 nitrogen and oxygen atoms in total. The van der Waals surface area contributed by atoms with E-state index >= 15 is 0 Å². The van der Waals surface area contributed by atoms with Gasteiger partial charge < -0.3 is 15.1 Å². The van der Waals surface area contributed by atoms with Crippen molar-refractivity contribution in [3.8, 4) is 0 Å². The minimum atomic E-state index is -0.238. The van der Waals surface area contributed by atoms with Crippen molar-refractivity contribution in [2.24, 2.45) is 5.41 Å². The highest BCUT2D eigenvalue weighted by atomic mass is 16.2. The summed E-state index contributed by atoms with van der Waals surface area (Å²) in [6, 6.07) is 10.2. The van der Waals surface area contributed by atoms with Gasteiger partial charge in [0.15, 0.2) is 0 Å². The van der Waals surface area contributed by atoms with E-state index in [-0.39, 0.29) is 11.3 Å². The lowest BCUT2D eigenvalue weighted by Gasteiger charge is -2.34. The topological polar surface area (TPSA) is 64.6 Å². The summed E-state index contributed by atoms with van der Waals surface area (Å²) >= 11 is 0. The van der Waals surface area contributed by atoms with Gasteiger partial charge in [0.1, 0.15) is 5.82 Å². The number of aromatic nitrogens is 2. The number of anilines is 4. The number of carbonyl (C=O) groups is 1. The fourth-order valence-corrected chi connectivity index (χ4v) is 4.45. The normalized spacial score (nSPS) is 19.4. The van der Waals surface area contributed by atoms with E-state index in [4.69, 9.17) is 0 Å². The van der Waals surface area contributed by atoms with Gasteiger partial charge in [0.25, 0.3) is 0 Å². The standard InChI is InChI=1S/C23H32N6O/c1-4-23(5-2)11-13-29(21(23)30)20-10-12-24-22(26-20)25-18-6-8-19(9-7-18)28-16-14-27(3)15-17-28/h6-10,12H,4-5,11,13-17H2,1-3H3,(H,24,25,26). The maximum Gasteiger partial charge on any atom is 0.234 e. The molecular weight excluding hydrogens is 376 g/mol. The quantitative estimate of drug-likeness (QED) is 0.789. The Kier molecular flexibility index (Phi) is 5.90. The molecule has 3 heterocycles. The lowest BCUT2D eigenvalue weighted by atomic mass is 9.81. The molecular formula is C23H32N6O. The van der Waals surface area contributed by atoms with Crippen molar-refractivity contribution in [1.82, 2.24) is 14.9 Å². The summed E-state index contributed by atoms with van der Waals surface area (Å²) in [6.07, 6.45) is 4.34. The van der Waals surface area contributed by atoms with Crippen molar-refractivity contribution in [3.05, 3.63) is 36.5 Å². The second kappa shape index (κ2) is 8.60. The molecule has 2 saturated heterocycles. The zero-order valence-corrected chi connectivity index (χ0v) is 18.3. The lowest BCUT2D eigenvalue weighted by molar-refractivity contribution is -0.125. The molecule has 1 N–H and O–H groups in total. The van der Waals surface area contributed by atoms with Crippen LogP contribution in [0.5, 0.6) is 0 Å². The van der Waals surface area contributed by atoms with Gasteiger partial charge in [-0.25, -0.2) is 4.98 Å². The van der Waals surface area contributed by atoms with Crippen molar-refractivity contribution in [2.45, 2.75) is 33.1 Å². The largest absolute Gasteiger partial charge is 0.369 e. The zero-order chi connectivity index (χ0) is 21.1. The Morgan fingerprint density at radius 3 is 2.33 bits per heavy atom. The van der Waals surface area contributed by atoms with Crippen molar-refractivity contribution in [3.63, 3.8) is 0 Å². The summed E-state index contributed by atoms with van der Waals surface area (Å²) < 4.78 is 0. The fourth-order valence-electron chi connectivity index (χ4n) is 4.45. The van der Waals surface area contributed by atoms with E-state index in [0.717, 1.165) is 57.7 Å². The third-order valence-electron chi connectivity index (χ3n) is 6.78. The van der Waals surface area contributed by atoms with E-state index in [1.807, 2.05) is 11.0 Å². The number of carbonyl (C=O) groups excluding carboxylic acids is 1. The molecule has 1 amide bonds. The third kappa shape index (κ3) is 3.99. The van der Waals surface area contributed by atoms with Crippen LogP contribution >= 0.6 is 0 Å². The molecule has 0 unspecified atom stereocenters. The molecule has 0 atom stereocenters. The van der Waals surface area contributed by atoms with E-state index in [2.05, 4.69) is 70.2 Å². The Hall–Kier alpha value is -2.67. The minimum absolute atomic E-state index is 0.189. The van der Waals surface area contributed by atoms with Crippen LogP contribution in [0.3, 0.4) is 0 Å². The molecule has 0 saturated carbocycles. The van der Waals surface area contributed by atoms with Gasteiger partial charge in [-0.1, -0.05) is 13.8 Å². The molecule has 7 heteroatoms. The van der Waals surface area contributed by atoms with Crippen LogP contribution in [0.25, 0.3) is 0 Å². The number of hydrogen-bond acceptors (Lipinski definition) is 6. The molecule has 2 fully saturated rings. The summed E-state index contributed by atoms with van der Waals surface area (Å²) in [5.74, 6) is 1.38. The number of rotatable bonds is 6. The minimum Gasteiger partial charge on any atom is -0.369 e. The Morgan fingerprint density at radius 1 is 1.00 bits per heavy atom. The van der Waals surface area contributed by atoms with Gasteiger partial charge >= 0.3 is 0 Å². The number of likely N-dealkylation sites (N-methyl/N-ethyl adjacent to an activating group) is 1. The van der Waals surface area contributed by atoms with Crippen LogP contribution in [0.1, 0.15) is 33.1 Å². The van der Waals surface area contributed by atoms with Crippen molar-refractivity contribution >= 4 is 29.0 Å². The Bertz CT molecular complexity index is 872. The van der Waals surface area contributed by atoms with Crippen molar-refractivity contribution in [2.75, 3.05) is 54.9 Å². The second-order valence-corrected chi connectivity index (χ2v) is 8.39. The molecule has 2 aliphatic heterocycles. The van der Waals surface area contributed by atoms with Crippen LogP contribution in [0.2, 0.25) is 0 Å². The van der Waals surface area contributed by atoms with Gasteiger partial charge in [0, 0.05) is 50.3 Å². The number of amides is 1. The first-order chi connectivity index (χ1) is 14.5. The van der Waals surface area contributed by atoms with Crippen LogP contribution in [0.4, 0.5) is 23.1 Å². The van der Waals surface area contributed by atoms with E-state index in [1.54, 1.807) is 6.20 Å². The Balaban J connectivity index is 1.44. The number of benzene rings is 1. The summed E-state index contributed by atoms with van der Waals surface area (Å²) in [7, 11) is 2.17. The van der Waals surface area contributed by atoms with E-state index in [9.17, 15) is 4.79 Å². The average Bonchev–Trinajstić information content (AvgIpc) is 3.12. The van der Waals surface area contributed by atoms with Crippen molar-refractivity contribution < 1.29 is 4.79 Å². The predicted molar refractivity (Wildman–Crippen MR) is 121 cm³/mol. The molecule has 4 rings (SSSR count). The number of hydrogen-bond donors (Lipinski definition) is 1. The van der Waals surface area contributed by atoms with Gasteiger partial charge in [-0.3, -0.25) is 9.69 Å². The van der Waals surface area contributed by atoms with E-state index < -0.39 is 0 Å². The Morgan fingerprint density at radius 2 is 1.70 bits per heavy atom. The molecule has 2 aliphatic rings. The molecule has 1 aromatic carbocycles. The van der Waals surface area contributed by atoms with Crippen LogP contribution in [-0.2, 0) is 4.79 Å². The zero-order valence-electron chi connectivity index (χ0n) is 18.3. The third-order valence-corrected chi connectivity index (χ3v) is 6.78. The fraction of sp³-hybridized carbons (Fsp3) is 0.522. The predicted octanol–water partition coefficient (Wildman–Crippen LogP) is 3.52. The summed E-state index contributed by atoms with van der Waals surface area (Å²) in [5.41, 5.74) is 1.94. The highest BCUT2D eigenvalue weighted by molar-refractivity contribution is 5.99. The first kappa shape index (κ1) is 20.6. The number of nitrogens with zero attached hydrogens (tertiary/aromatic N) is 5. The van der Waals surface area contributed by atoms with Crippen LogP contribution < -0.4 is 15.1 Å². The summed E-state index contributed by atoms with van der Waals surface area (Å²) in [5, 5.41) is 3.28. The van der Waals surface area contributed by atoms with Crippen LogP contribution in [-0.4, -0.2) is 60.5 Å². The monoisotopic (exact) mass is 408 g/mol. The maximum absolute atomic E-state index is 13.0. The summed E-state index contributed by atoms with van der Waals surface area (Å²) in [6.45, 7) is 9.20. The number of nitrogens with one attached hydrogen (secondary N) is 1.